The van der Waals surface area contributed by atoms with Gasteiger partial charge < -0.3 is 34.9 Å². The Morgan fingerprint density at radius 1 is 1.47 bits per heavy atom. The van der Waals surface area contributed by atoms with Crippen molar-refractivity contribution in [2.45, 2.75) is 11.4 Å². The molecule has 3 N–H and O–H groups in total. The van der Waals surface area contributed by atoms with E-state index in [-0.39, 0.29) is 59.0 Å². The van der Waals surface area contributed by atoms with Crippen LogP contribution >= 0.6 is 11.8 Å². The van der Waals surface area contributed by atoms with E-state index in [1.54, 1.807) is 6.07 Å². The first-order valence-corrected chi connectivity index (χ1v) is 9.16. The van der Waals surface area contributed by atoms with Crippen LogP contribution in [0.1, 0.15) is 5.76 Å². The van der Waals surface area contributed by atoms with Gasteiger partial charge in [-0.25, -0.2) is 4.79 Å². The van der Waals surface area contributed by atoms with Gasteiger partial charge in [0.2, 0.25) is 5.71 Å². The number of aliphatic carboxylic acids is 1. The number of ether oxygens (including phenoxy) is 1. The van der Waals surface area contributed by atoms with Crippen LogP contribution in [0.2, 0.25) is 0 Å². The molecule has 30 heavy (non-hydrogen) atoms. The number of carbonyl (C=O) groups is 4. The van der Waals surface area contributed by atoms with E-state index in [1.807, 2.05) is 0 Å². The molecule has 1 aromatic rings. The number of thioether (sulfide) groups is 1. The first kappa shape index (κ1) is 23.8. The summed E-state index contributed by atoms with van der Waals surface area (Å²) in [6.07, 6.45) is 0.262. The molecule has 0 unspecified atom stereocenters. The van der Waals surface area contributed by atoms with E-state index in [0.717, 1.165) is 4.90 Å². The van der Waals surface area contributed by atoms with E-state index >= 15 is 0 Å². The number of nitrogens with zero attached hydrogens (tertiary/aromatic N) is 2. The number of furan rings is 1. The number of hydrogen-bond acceptors (Lipinski definition) is 10. The van der Waals surface area contributed by atoms with Crippen LogP contribution in [-0.4, -0.2) is 65.4 Å². The van der Waals surface area contributed by atoms with Gasteiger partial charge in [0.1, 0.15) is 25.1 Å². The van der Waals surface area contributed by atoms with Crippen molar-refractivity contribution >= 4 is 41.4 Å². The molecule has 3 heterocycles. The number of nitrogens with two attached hydrogens (primary N) is 1. The number of oxime groups is 1. The molecule has 2 aliphatic heterocycles. The summed E-state index contributed by atoms with van der Waals surface area (Å²) in [4.78, 5) is 53.0. The molecule has 0 saturated carbocycles. The number of primary amides is 1. The molecule has 0 aliphatic carbocycles. The molecule has 3 rings (SSSR count). The standard InChI is InChI=1S/C16H16N4O8S.Na/c1-26-19-9(8-3-2-4-27-8)12(21)18-10-13(22)20-11(15(23)24)7(5-28-16(17)25)6-29-14(10)20;/h2-4,10,14H,5-6H2,1H3,(H2,17,25)(H,18,21)(H,23,24);/q;+1/p-1/b19-9-;/t10-,14+;/m0./s1. The van der Waals surface area contributed by atoms with Crippen LogP contribution in [0.5, 0.6) is 0 Å². The van der Waals surface area contributed by atoms with Gasteiger partial charge in [0.05, 0.1) is 17.9 Å². The molecule has 2 aliphatic rings. The maximum absolute atomic E-state index is 12.5. The second-order valence-electron chi connectivity index (χ2n) is 5.81. The van der Waals surface area contributed by atoms with Crippen molar-refractivity contribution in [1.82, 2.24) is 10.2 Å². The van der Waals surface area contributed by atoms with Gasteiger partial charge in [-0.05, 0) is 12.1 Å². The molecular weight excluding hydrogens is 431 g/mol. The molecule has 0 bridgehead atoms. The summed E-state index contributed by atoms with van der Waals surface area (Å²) < 4.78 is 9.75. The Kier molecular flexibility index (Phi) is 7.95. The fourth-order valence-corrected chi connectivity index (χ4v) is 4.18. The van der Waals surface area contributed by atoms with Crippen molar-refractivity contribution in [2.75, 3.05) is 19.5 Å². The molecule has 154 valence electrons. The zero-order valence-corrected chi connectivity index (χ0v) is 18.8. The number of fused-ring (bicyclic) bond motifs is 1. The number of carboxylic acid groups (broad SMARTS) is 1. The Labute approximate surface area is 196 Å². The minimum Gasteiger partial charge on any atom is -0.543 e. The van der Waals surface area contributed by atoms with Gasteiger partial charge >= 0.3 is 35.7 Å². The van der Waals surface area contributed by atoms with Crippen molar-refractivity contribution < 1.29 is 67.8 Å². The maximum Gasteiger partial charge on any atom is 1.00 e. The Bertz CT molecular complexity index is 916. The smallest absolute Gasteiger partial charge is 0.543 e. The quantitative estimate of drug-likeness (QED) is 0.180. The van der Waals surface area contributed by atoms with Gasteiger partial charge in [0, 0.05) is 11.3 Å². The topological polar surface area (TPSA) is 177 Å². The van der Waals surface area contributed by atoms with Gasteiger partial charge in [-0.3, -0.25) is 14.5 Å². The fraction of sp³-hybridized carbons (Fsp3) is 0.312. The third-order valence-electron chi connectivity index (χ3n) is 4.07. The normalized spacial score (nSPS) is 20.5. The van der Waals surface area contributed by atoms with Crippen LogP contribution in [0.3, 0.4) is 0 Å². The maximum atomic E-state index is 12.5. The molecule has 0 aromatic carbocycles. The summed E-state index contributed by atoms with van der Waals surface area (Å²) in [5.41, 5.74) is 4.48. The Hall–Kier alpha value is -2.48. The van der Waals surface area contributed by atoms with Gasteiger partial charge in [-0.15, -0.1) is 11.8 Å². The van der Waals surface area contributed by atoms with Crippen molar-refractivity contribution in [1.29, 1.82) is 0 Å². The average molecular weight is 446 g/mol. The Morgan fingerprint density at radius 2 is 2.20 bits per heavy atom. The number of rotatable bonds is 7. The third-order valence-corrected chi connectivity index (χ3v) is 5.41. The summed E-state index contributed by atoms with van der Waals surface area (Å²) in [6, 6.07) is 2.04. The van der Waals surface area contributed by atoms with Crippen molar-refractivity contribution in [3.8, 4) is 0 Å². The van der Waals surface area contributed by atoms with Crippen molar-refractivity contribution in [2.24, 2.45) is 10.9 Å². The zero-order chi connectivity index (χ0) is 21.1. The minimum atomic E-state index is -1.60. The van der Waals surface area contributed by atoms with Crippen LogP contribution in [0.15, 0.2) is 39.2 Å². The van der Waals surface area contributed by atoms with E-state index in [9.17, 15) is 24.3 Å². The Balaban J connectivity index is 0.00000320. The molecular formula is C16H15N4NaO8S. The van der Waals surface area contributed by atoms with E-state index < -0.39 is 41.0 Å². The molecule has 2 atom stereocenters. The van der Waals surface area contributed by atoms with Crippen LogP contribution in [0.4, 0.5) is 4.79 Å². The number of β-lactam (4-membered cyclic amide) rings is 1. The van der Waals surface area contributed by atoms with E-state index in [4.69, 9.17) is 10.2 Å². The molecule has 1 fully saturated rings. The summed E-state index contributed by atoms with van der Waals surface area (Å²) in [5.74, 6) is -2.74. The van der Waals surface area contributed by atoms with Gasteiger partial charge in [-0.1, -0.05) is 5.16 Å². The predicted molar refractivity (Wildman–Crippen MR) is 94.8 cm³/mol. The summed E-state index contributed by atoms with van der Waals surface area (Å²) >= 11 is 1.18. The van der Waals surface area contributed by atoms with E-state index in [2.05, 4.69) is 20.0 Å². The number of carboxylic acids is 1. The van der Waals surface area contributed by atoms with Gasteiger partial charge in [-0.2, -0.15) is 0 Å². The van der Waals surface area contributed by atoms with Crippen LogP contribution in [0.25, 0.3) is 0 Å². The van der Waals surface area contributed by atoms with Crippen LogP contribution in [-0.2, 0) is 24.0 Å². The SMILES string of the molecule is CO/N=C(\C(=O)N[C@H]1C(=O)N2C(C(=O)[O-])=C(COC(N)=O)CS[C@H]12)c1ccco1.[Na+]. The summed E-state index contributed by atoms with van der Waals surface area (Å²) in [7, 11) is 1.25. The second-order valence-corrected chi connectivity index (χ2v) is 6.91. The zero-order valence-electron chi connectivity index (χ0n) is 15.9. The molecule has 3 amide bonds. The third kappa shape index (κ3) is 4.64. The number of amides is 3. The fourth-order valence-electron chi connectivity index (χ4n) is 2.85. The van der Waals surface area contributed by atoms with E-state index in [0.29, 0.717) is 0 Å². The molecule has 14 heteroatoms. The predicted octanol–water partition coefficient (Wildman–Crippen LogP) is -4.87. The van der Waals surface area contributed by atoms with E-state index in [1.165, 1.54) is 31.2 Å². The second kappa shape index (κ2) is 10.0. The minimum absolute atomic E-state index is 0. The number of nitrogens with one attached hydrogen (secondary N) is 1. The average Bonchev–Trinajstić information content (AvgIpc) is 3.21. The Morgan fingerprint density at radius 3 is 2.77 bits per heavy atom. The largest absolute Gasteiger partial charge is 1.00 e. The molecule has 1 aromatic heterocycles. The summed E-state index contributed by atoms with van der Waals surface area (Å²) in [5, 5.41) is 17.0. The molecule has 0 spiro atoms. The molecule has 12 nitrogen and oxygen atoms in total. The van der Waals surface area contributed by atoms with Gasteiger partial charge in [0.25, 0.3) is 11.8 Å². The van der Waals surface area contributed by atoms with Crippen molar-refractivity contribution in [3.05, 3.63) is 35.4 Å². The molecule has 1 saturated heterocycles. The van der Waals surface area contributed by atoms with Crippen molar-refractivity contribution in [3.63, 3.8) is 0 Å². The first-order valence-electron chi connectivity index (χ1n) is 8.11. The number of carbonyl (C=O) groups excluding carboxylic acids is 4. The number of hydrogen-bond donors (Lipinski definition) is 2. The van der Waals surface area contributed by atoms with Crippen LogP contribution < -0.4 is 45.7 Å². The van der Waals surface area contributed by atoms with Crippen LogP contribution in [0, 0.1) is 0 Å². The summed E-state index contributed by atoms with van der Waals surface area (Å²) in [6.45, 7) is -0.387. The molecule has 0 radical (unpaired) electrons. The monoisotopic (exact) mass is 446 g/mol. The first-order chi connectivity index (χ1) is 13.8. The van der Waals surface area contributed by atoms with Gasteiger partial charge in [0.15, 0.2) is 5.76 Å².